The summed E-state index contributed by atoms with van der Waals surface area (Å²) in [6.07, 6.45) is 0.879. The number of fused-ring (bicyclic) bond motifs is 2. The predicted octanol–water partition coefficient (Wildman–Crippen LogP) is 3.13. The van der Waals surface area contributed by atoms with Gasteiger partial charge in [-0.25, -0.2) is 9.50 Å². The molecular weight excluding hydrogens is 376 g/mol. The lowest BCUT2D eigenvalue weighted by Gasteiger charge is -2.27. The Kier molecular flexibility index (Phi) is 4.47. The standard InChI is InChI=1S/C24H22N4O2/c1-16-6-5-7-17(12-16)13-23(29)27-11-10-19-21(15-27)25-22-14-20(26-28(22)24(19)30)18-8-3-2-4-9-18/h2-9,12,14,26H,10-11,13,15H2,1H3. The van der Waals surface area contributed by atoms with Crippen LogP contribution in [0.25, 0.3) is 16.9 Å². The maximum absolute atomic E-state index is 13.0. The Morgan fingerprint density at radius 2 is 1.93 bits per heavy atom. The van der Waals surface area contributed by atoms with Crippen molar-refractivity contribution < 1.29 is 4.79 Å². The van der Waals surface area contributed by atoms with Crippen molar-refractivity contribution in [3.05, 3.63) is 93.4 Å². The van der Waals surface area contributed by atoms with Crippen LogP contribution in [0.4, 0.5) is 0 Å². The molecule has 150 valence electrons. The van der Waals surface area contributed by atoms with Gasteiger partial charge in [0.25, 0.3) is 5.56 Å². The van der Waals surface area contributed by atoms with Crippen molar-refractivity contribution in [3.8, 4) is 11.3 Å². The van der Waals surface area contributed by atoms with Crippen LogP contribution < -0.4 is 5.56 Å². The molecule has 6 heteroatoms. The van der Waals surface area contributed by atoms with E-state index in [-0.39, 0.29) is 11.5 Å². The molecule has 1 N–H and O–H groups in total. The fourth-order valence-corrected chi connectivity index (χ4v) is 4.08. The molecule has 4 aromatic rings. The van der Waals surface area contributed by atoms with Crippen molar-refractivity contribution in [2.75, 3.05) is 6.54 Å². The van der Waals surface area contributed by atoms with Gasteiger partial charge in [0.05, 0.1) is 24.4 Å². The maximum atomic E-state index is 13.0. The molecule has 0 spiro atoms. The zero-order chi connectivity index (χ0) is 20.7. The molecule has 3 heterocycles. The Bertz CT molecular complexity index is 1300. The van der Waals surface area contributed by atoms with Gasteiger partial charge in [0.15, 0.2) is 5.65 Å². The first-order chi connectivity index (χ1) is 14.6. The second-order valence-corrected chi connectivity index (χ2v) is 7.80. The number of H-pyrrole nitrogens is 1. The van der Waals surface area contributed by atoms with Crippen LogP contribution in [0.2, 0.25) is 0 Å². The van der Waals surface area contributed by atoms with Crippen molar-refractivity contribution in [1.29, 1.82) is 0 Å². The second-order valence-electron chi connectivity index (χ2n) is 7.80. The van der Waals surface area contributed by atoms with Gasteiger partial charge in [-0.2, -0.15) is 0 Å². The molecule has 6 nitrogen and oxygen atoms in total. The molecule has 0 radical (unpaired) electrons. The lowest BCUT2D eigenvalue weighted by atomic mass is 10.0. The number of hydrogen-bond donors (Lipinski definition) is 1. The van der Waals surface area contributed by atoms with Gasteiger partial charge >= 0.3 is 0 Å². The number of rotatable bonds is 3. The quantitative estimate of drug-likeness (QED) is 0.576. The minimum atomic E-state index is -0.0806. The number of nitrogens with one attached hydrogen (secondary N) is 1. The van der Waals surface area contributed by atoms with Crippen LogP contribution in [0.15, 0.2) is 65.5 Å². The summed E-state index contributed by atoms with van der Waals surface area (Å²) in [5.74, 6) is 0.0623. The van der Waals surface area contributed by atoms with Crippen LogP contribution in [0.3, 0.4) is 0 Å². The van der Waals surface area contributed by atoms with Crippen LogP contribution in [-0.4, -0.2) is 31.9 Å². The molecule has 0 atom stereocenters. The van der Waals surface area contributed by atoms with Gasteiger partial charge in [0, 0.05) is 18.2 Å². The molecule has 0 saturated heterocycles. The average molecular weight is 398 g/mol. The average Bonchev–Trinajstić information content (AvgIpc) is 3.18. The van der Waals surface area contributed by atoms with Gasteiger partial charge in [-0.15, -0.1) is 0 Å². The number of aromatic nitrogens is 3. The summed E-state index contributed by atoms with van der Waals surface area (Å²) >= 11 is 0. The first kappa shape index (κ1) is 18.4. The summed E-state index contributed by atoms with van der Waals surface area (Å²) in [4.78, 5) is 32.4. The van der Waals surface area contributed by atoms with E-state index >= 15 is 0 Å². The predicted molar refractivity (Wildman–Crippen MR) is 115 cm³/mol. The highest BCUT2D eigenvalue weighted by Crippen LogP contribution is 2.21. The SMILES string of the molecule is Cc1cccc(CC(=O)N2CCc3c(nc4cc(-c5ccccc5)[nH]n4c3=O)C2)c1. The number of benzene rings is 2. The van der Waals surface area contributed by atoms with Gasteiger partial charge in [-0.05, 0) is 24.5 Å². The van der Waals surface area contributed by atoms with Gasteiger partial charge in [-0.1, -0.05) is 60.2 Å². The largest absolute Gasteiger partial charge is 0.336 e. The van der Waals surface area contributed by atoms with Crippen molar-refractivity contribution in [2.24, 2.45) is 0 Å². The number of amides is 1. The van der Waals surface area contributed by atoms with E-state index in [0.717, 1.165) is 22.4 Å². The van der Waals surface area contributed by atoms with E-state index < -0.39 is 0 Å². The number of hydrogen-bond acceptors (Lipinski definition) is 3. The van der Waals surface area contributed by atoms with E-state index in [1.165, 1.54) is 4.52 Å². The Labute approximate surface area is 173 Å². The first-order valence-electron chi connectivity index (χ1n) is 10.1. The van der Waals surface area contributed by atoms with Crippen molar-refractivity contribution in [3.63, 3.8) is 0 Å². The molecule has 30 heavy (non-hydrogen) atoms. The van der Waals surface area contributed by atoms with E-state index in [4.69, 9.17) is 4.98 Å². The van der Waals surface area contributed by atoms with Crippen molar-refractivity contribution in [1.82, 2.24) is 19.5 Å². The number of carbonyl (C=O) groups is 1. The highest BCUT2D eigenvalue weighted by Gasteiger charge is 2.25. The van der Waals surface area contributed by atoms with E-state index in [0.29, 0.717) is 42.8 Å². The van der Waals surface area contributed by atoms with Crippen LogP contribution in [0, 0.1) is 6.92 Å². The fourth-order valence-electron chi connectivity index (χ4n) is 4.08. The van der Waals surface area contributed by atoms with Crippen LogP contribution in [-0.2, 0) is 24.2 Å². The van der Waals surface area contributed by atoms with Gasteiger partial charge in [0.2, 0.25) is 5.91 Å². The minimum absolute atomic E-state index is 0.0623. The maximum Gasteiger partial charge on any atom is 0.276 e. The lowest BCUT2D eigenvalue weighted by Crippen LogP contribution is -2.40. The monoisotopic (exact) mass is 398 g/mol. The Balaban J connectivity index is 1.44. The van der Waals surface area contributed by atoms with Gasteiger partial charge < -0.3 is 4.90 Å². The highest BCUT2D eigenvalue weighted by molar-refractivity contribution is 5.79. The topological polar surface area (TPSA) is 70.5 Å². The summed E-state index contributed by atoms with van der Waals surface area (Å²) in [5, 5.41) is 3.16. The molecule has 1 amide bonds. The summed E-state index contributed by atoms with van der Waals surface area (Å²) in [5.41, 5.74) is 5.87. The molecule has 0 bridgehead atoms. The van der Waals surface area contributed by atoms with E-state index in [1.807, 2.05) is 67.6 Å². The lowest BCUT2D eigenvalue weighted by molar-refractivity contribution is -0.131. The summed E-state index contributed by atoms with van der Waals surface area (Å²) in [6, 6.07) is 19.7. The molecular formula is C24H22N4O2. The molecule has 0 saturated carbocycles. The number of aryl methyl sites for hydroxylation is 1. The normalized spacial score (nSPS) is 13.4. The number of aromatic amines is 1. The Hall–Kier alpha value is -3.67. The number of nitrogens with zero attached hydrogens (tertiary/aromatic N) is 3. The van der Waals surface area contributed by atoms with Gasteiger partial charge in [0.1, 0.15) is 0 Å². The van der Waals surface area contributed by atoms with Crippen LogP contribution >= 0.6 is 0 Å². The van der Waals surface area contributed by atoms with E-state index in [1.54, 1.807) is 4.90 Å². The molecule has 2 aromatic carbocycles. The molecule has 0 aliphatic carbocycles. The third-order valence-electron chi connectivity index (χ3n) is 5.64. The molecule has 0 unspecified atom stereocenters. The van der Waals surface area contributed by atoms with Crippen LogP contribution in [0.5, 0.6) is 0 Å². The second kappa shape index (κ2) is 7.30. The Morgan fingerprint density at radius 1 is 1.10 bits per heavy atom. The van der Waals surface area contributed by atoms with Crippen LogP contribution in [0.1, 0.15) is 22.4 Å². The van der Waals surface area contributed by atoms with Crippen molar-refractivity contribution in [2.45, 2.75) is 26.3 Å². The third kappa shape index (κ3) is 3.30. The fraction of sp³-hybridized carbons (Fsp3) is 0.208. The molecule has 1 aliphatic rings. The highest BCUT2D eigenvalue weighted by atomic mass is 16.2. The molecule has 2 aromatic heterocycles. The summed E-state index contributed by atoms with van der Waals surface area (Å²) < 4.78 is 1.51. The van der Waals surface area contributed by atoms with Gasteiger partial charge in [-0.3, -0.25) is 14.7 Å². The molecule has 5 rings (SSSR count). The molecule has 1 aliphatic heterocycles. The van der Waals surface area contributed by atoms with Crippen molar-refractivity contribution >= 4 is 11.6 Å². The van der Waals surface area contributed by atoms with E-state index in [9.17, 15) is 9.59 Å². The zero-order valence-corrected chi connectivity index (χ0v) is 16.8. The smallest absolute Gasteiger partial charge is 0.276 e. The summed E-state index contributed by atoms with van der Waals surface area (Å²) in [7, 11) is 0. The number of carbonyl (C=O) groups excluding carboxylic acids is 1. The van der Waals surface area contributed by atoms with E-state index in [2.05, 4.69) is 5.10 Å². The summed E-state index contributed by atoms with van der Waals surface area (Å²) in [6.45, 7) is 2.93. The minimum Gasteiger partial charge on any atom is -0.336 e. The first-order valence-corrected chi connectivity index (χ1v) is 10.1. The third-order valence-corrected chi connectivity index (χ3v) is 5.64. The molecule has 0 fully saturated rings. The zero-order valence-electron chi connectivity index (χ0n) is 16.8. The Morgan fingerprint density at radius 3 is 2.73 bits per heavy atom.